The molecule has 2 atom stereocenters. The molecule has 1 heterocycles. The minimum Gasteiger partial charge on any atom is -0.507 e. The Kier molecular flexibility index (Phi) is 3.87. The number of phenols is 1. The van der Waals surface area contributed by atoms with E-state index >= 15 is 0 Å². The molecule has 0 saturated carbocycles. The number of rotatable bonds is 2. The van der Waals surface area contributed by atoms with Crippen LogP contribution in [-0.4, -0.2) is 42.1 Å². The molecule has 1 aromatic carbocycles. The second-order valence-corrected chi connectivity index (χ2v) is 4.93. The van der Waals surface area contributed by atoms with Crippen molar-refractivity contribution in [1.29, 1.82) is 0 Å². The Balaban J connectivity index is 2.10. The molecule has 1 amide bonds. The standard InChI is InChI=1S/C14H20N2O2/c1-10-9-16(8-7-12(10)15-2)14(18)11-5-3-4-6-13(11)17/h3-6,10,12,15,17H,7-9H2,1-2H3. The third kappa shape index (κ3) is 2.48. The molecular formula is C14H20N2O2. The lowest BCUT2D eigenvalue weighted by Crippen LogP contribution is -2.49. The number of hydrogen-bond acceptors (Lipinski definition) is 3. The van der Waals surface area contributed by atoms with Crippen molar-refractivity contribution in [3.63, 3.8) is 0 Å². The number of para-hydroxylation sites is 1. The van der Waals surface area contributed by atoms with E-state index in [0.717, 1.165) is 19.5 Å². The third-order valence-electron chi connectivity index (χ3n) is 3.70. The highest BCUT2D eigenvalue weighted by Crippen LogP contribution is 2.22. The van der Waals surface area contributed by atoms with Gasteiger partial charge in [-0.3, -0.25) is 4.79 Å². The van der Waals surface area contributed by atoms with E-state index < -0.39 is 0 Å². The van der Waals surface area contributed by atoms with Crippen LogP contribution >= 0.6 is 0 Å². The van der Waals surface area contributed by atoms with E-state index in [1.54, 1.807) is 24.3 Å². The molecule has 18 heavy (non-hydrogen) atoms. The SMILES string of the molecule is CNC1CCN(C(=O)c2ccccc2O)CC1C. The van der Waals surface area contributed by atoms with Crippen LogP contribution in [0.25, 0.3) is 0 Å². The Morgan fingerprint density at radius 1 is 1.44 bits per heavy atom. The lowest BCUT2D eigenvalue weighted by atomic mass is 9.93. The Morgan fingerprint density at radius 3 is 2.78 bits per heavy atom. The molecule has 0 spiro atoms. The molecule has 0 radical (unpaired) electrons. The molecule has 0 bridgehead atoms. The molecule has 2 N–H and O–H groups in total. The fraction of sp³-hybridized carbons (Fsp3) is 0.500. The zero-order valence-electron chi connectivity index (χ0n) is 10.9. The van der Waals surface area contributed by atoms with Crippen LogP contribution in [-0.2, 0) is 0 Å². The Bertz CT molecular complexity index is 434. The van der Waals surface area contributed by atoms with Gasteiger partial charge < -0.3 is 15.3 Å². The zero-order valence-corrected chi connectivity index (χ0v) is 10.9. The second kappa shape index (κ2) is 5.40. The fourth-order valence-corrected chi connectivity index (χ4v) is 2.58. The largest absolute Gasteiger partial charge is 0.507 e. The minimum atomic E-state index is -0.0745. The van der Waals surface area contributed by atoms with Crippen LogP contribution < -0.4 is 5.32 Å². The van der Waals surface area contributed by atoms with Gasteiger partial charge in [0.2, 0.25) is 0 Å². The van der Waals surface area contributed by atoms with Crippen molar-refractivity contribution in [3.05, 3.63) is 29.8 Å². The summed E-state index contributed by atoms with van der Waals surface area (Å²) in [4.78, 5) is 14.1. The van der Waals surface area contributed by atoms with Crippen molar-refractivity contribution in [2.45, 2.75) is 19.4 Å². The summed E-state index contributed by atoms with van der Waals surface area (Å²) in [5, 5.41) is 13.0. The molecule has 98 valence electrons. The Hall–Kier alpha value is -1.55. The maximum Gasteiger partial charge on any atom is 0.257 e. The summed E-state index contributed by atoms with van der Waals surface area (Å²) < 4.78 is 0. The van der Waals surface area contributed by atoms with Crippen molar-refractivity contribution in [3.8, 4) is 5.75 Å². The maximum atomic E-state index is 12.3. The molecule has 4 heteroatoms. The van der Waals surface area contributed by atoms with E-state index in [-0.39, 0.29) is 11.7 Å². The molecule has 0 aliphatic carbocycles. The van der Waals surface area contributed by atoms with E-state index in [1.807, 2.05) is 11.9 Å². The Labute approximate surface area is 108 Å². The molecule has 4 nitrogen and oxygen atoms in total. The zero-order chi connectivity index (χ0) is 13.1. The summed E-state index contributed by atoms with van der Waals surface area (Å²) >= 11 is 0. The average molecular weight is 248 g/mol. The molecule has 1 fully saturated rings. The van der Waals surface area contributed by atoms with Crippen LogP contribution in [0.5, 0.6) is 5.75 Å². The Morgan fingerprint density at radius 2 is 2.17 bits per heavy atom. The van der Waals surface area contributed by atoms with Crippen molar-refractivity contribution >= 4 is 5.91 Å². The predicted molar refractivity (Wildman–Crippen MR) is 70.6 cm³/mol. The normalized spacial score (nSPS) is 24.0. The van der Waals surface area contributed by atoms with Crippen LogP contribution in [0, 0.1) is 5.92 Å². The summed E-state index contributed by atoms with van der Waals surface area (Å²) in [5.74, 6) is 0.416. The minimum absolute atomic E-state index is 0.0610. The number of nitrogens with zero attached hydrogens (tertiary/aromatic N) is 1. The quantitative estimate of drug-likeness (QED) is 0.833. The first-order chi connectivity index (χ1) is 8.63. The molecule has 1 aliphatic rings. The molecule has 2 unspecified atom stereocenters. The maximum absolute atomic E-state index is 12.3. The van der Waals surface area contributed by atoms with Crippen LogP contribution in [0.15, 0.2) is 24.3 Å². The highest BCUT2D eigenvalue weighted by atomic mass is 16.3. The highest BCUT2D eigenvalue weighted by molar-refractivity contribution is 5.96. The van der Waals surface area contributed by atoms with Crippen molar-refractivity contribution in [2.75, 3.05) is 20.1 Å². The number of carbonyl (C=O) groups excluding carboxylic acids is 1. The number of hydrogen-bond donors (Lipinski definition) is 2. The third-order valence-corrected chi connectivity index (χ3v) is 3.70. The van der Waals surface area contributed by atoms with Gasteiger partial charge in [-0.25, -0.2) is 0 Å². The number of phenolic OH excluding ortho intramolecular Hbond substituents is 1. The van der Waals surface area contributed by atoms with Gasteiger partial charge in [-0.2, -0.15) is 0 Å². The number of carbonyl (C=O) groups is 1. The summed E-state index contributed by atoms with van der Waals surface area (Å²) in [6.45, 7) is 3.62. The van der Waals surface area contributed by atoms with E-state index in [1.165, 1.54) is 0 Å². The van der Waals surface area contributed by atoms with E-state index in [0.29, 0.717) is 17.5 Å². The molecular weight excluding hydrogens is 228 g/mol. The molecule has 1 saturated heterocycles. The summed E-state index contributed by atoms with van der Waals surface area (Å²) in [7, 11) is 1.96. The van der Waals surface area contributed by atoms with Crippen molar-refractivity contribution in [1.82, 2.24) is 10.2 Å². The molecule has 1 aromatic rings. The first-order valence-electron chi connectivity index (χ1n) is 6.38. The van der Waals surface area contributed by atoms with Crippen LogP contribution in [0.1, 0.15) is 23.7 Å². The molecule has 0 aromatic heterocycles. The fourth-order valence-electron chi connectivity index (χ4n) is 2.58. The monoisotopic (exact) mass is 248 g/mol. The van der Waals surface area contributed by atoms with Gasteiger partial charge in [0.1, 0.15) is 5.75 Å². The first-order valence-corrected chi connectivity index (χ1v) is 6.38. The predicted octanol–water partition coefficient (Wildman–Crippen LogP) is 1.46. The molecule has 1 aliphatic heterocycles. The number of aromatic hydroxyl groups is 1. The van der Waals surface area contributed by atoms with Gasteiger partial charge >= 0.3 is 0 Å². The summed E-state index contributed by atoms with van der Waals surface area (Å²) in [5.41, 5.74) is 0.396. The number of piperidine rings is 1. The van der Waals surface area contributed by atoms with Gasteiger partial charge in [0.15, 0.2) is 0 Å². The molecule has 2 rings (SSSR count). The van der Waals surface area contributed by atoms with Crippen LogP contribution in [0.2, 0.25) is 0 Å². The van der Waals surface area contributed by atoms with Gasteiger partial charge in [0.25, 0.3) is 5.91 Å². The lowest BCUT2D eigenvalue weighted by molar-refractivity contribution is 0.0646. The van der Waals surface area contributed by atoms with E-state index in [4.69, 9.17) is 0 Å². The first kappa shape index (κ1) is 12.9. The number of amides is 1. The van der Waals surface area contributed by atoms with Gasteiger partial charge in [-0.15, -0.1) is 0 Å². The van der Waals surface area contributed by atoms with Gasteiger partial charge in [-0.1, -0.05) is 19.1 Å². The number of benzene rings is 1. The lowest BCUT2D eigenvalue weighted by Gasteiger charge is -2.36. The van der Waals surface area contributed by atoms with Gasteiger partial charge in [-0.05, 0) is 31.5 Å². The highest BCUT2D eigenvalue weighted by Gasteiger charge is 2.28. The average Bonchev–Trinajstić information content (AvgIpc) is 2.38. The van der Waals surface area contributed by atoms with Crippen LogP contribution in [0.4, 0.5) is 0 Å². The van der Waals surface area contributed by atoms with Crippen molar-refractivity contribution < 1.29 is 9.90 Å². The summed E-state index contributed by atoms with van der Waals surface area (Å²) in [6, 6.07) is 7.20. The van der Waals surface area contributed by atoms with E-state index in [2.05, 4.69) is 12.2 Å². The van der Waals surface area contributed by atoms with E-state index in [9.17, 15) is 9.90 Å². The topological polar surface area (TPSA) is 52.6 Å². The number of likely N-dealkylation sites (tertiary alicyclic amines) is 1. The second-order valence-electron chi connectivity index (χ2n) is 4.93. The van der Waals surface area contributed by atoms with Crippen LogP contribution in [0.3, 0.4) is 0 Å². The summed E-state index contributed by atoms with van der Waals surface area (Å²) in [6.07, 6.45) is 0.955. The van der Waals surface area contributed by atoms with Gasteiger partial charge in [0.05, 0.1) is 5.56 Å². The smallest absolute Gasteiger partial charge is 0.257 e. The van der Waals surface area contributed by atoms with Gasteiger partial charge in [0, 0.05) is 19.1 Å². The number of nitrogens with one attached hydrogen (secondary N) is 1. The van der Waals surface area contributed by atoms with Crippen molar-refractivity contribution in [2.24, 2.45) is 5.92 Å².